The van der Waals surface area contributed by atoms with Gasteiger partial charge in [0, 0.05) is 13.1 Å². The largest absolute Gasteiger partial charge is 0.382 e. The average molecular weight is 249 g/mol. The predicted octanol–water partition coefficient (Wildman–Crippen LogP) is 0.225. The number of amides is 1. The van der Waals surface area contributed by atoms with Crippen LogP contribution in [-0.4, -0.2) is 58.9 Å². The zero-order valence-corrected chi connectivity index (χ0v) is 10.8. The van der Waals surface area contributed by atoms with Crippen LogP contribution >= 0.6 is 0 Å². The summed E-state index contributed by atoms with van der Waals surface area (Å²) in [6.07, 6.45) is 4.89. The number of carbonyl (C=O) groups excluding carboxylic acids is 1. The second-order valence-corrected chi connectivity index (χ2v) is 4.78. The Bertz CT molecular complexity index is 428. The van der Waals surface area contributed by atoms with E-state index in [-0.39, 0.29) is 17.8 Å². The van der Waals surface area contributed by atoms with Crippen LogP contribution in [0.15, 0.2) is 12.4 Å². The number of rotatable bonds is 2. The summed E-state index contributed by atoms with van der Waals surface area (Å²) in [4.78, 5) is 24.2. The summed E-state index contributed by atoms with van der Waals surface area (Å²) in [6.45, 7) is 2.04. The zero-order chi connectivity index (χ0) is 13.1. The van der Waals surface area contributed by atoms with Crippen LogP contribution in [0.1, 0.15) is 23.3 Å². The summed E-state index contributed by atoms with van der Waals surface area (Å²) in [5.74, 6) is 0.169. The summed E-state index contributed by atoms with van der Waals surface area (Å²) >= 11 is 0. The van der Waals surface area contributed by atoms with Crippen molar-refractivity contribution in [3.8, 4) is 0 Å². The van der Waals surface area contributed by atoms with E-state index in [1.807, 2.05) is 7.05 Å². The maximum absolute atomic E-state index is 12.2. The van der Waals surface area contributed by atoms with Gasteiger partial charge in [0.15, 0.2) is 0 Å². The molecule has 98 valence electrons. The molecule has 1 aromatic heterocycles. The molecule has 0 spiro atoms. The van der Waals surface area contributed by atoms with E-state index >= 15 is 0 Å². The predicted molar refractivity (Wildman–Crippen MR) is 69.1 cm³/mol. The van der Waals surface area contributed by atoms with Crippen LogP contribution in [0.25, 0.3) is 0 Å². The summed E-state index contributed by atoms with van der Waals surface area (Å²) in [7, 11) is 3.92. The van der Waals surface area contributed by atoms with E-state index in [1.165, 1.54) is 12.4 Å². The van der Waals surface area contributed by atoms with Crippen molar-refractivity contribution in [2.45, 2.75) is 18.9 Å². The Labute approximate surface area is 107 Å². The van der Waals surface area contributed by atoms with Crippen molar-refractivity contribution in [2.24, 2.45) is 0 Å². The number of nitrogens with two attached hydrogens (primary N) is 1. The number of aromatic nitrogens is 2. The summed E-state index contributed by atoms with van der Waals surface area (Å²) in [6, 6.07) is 0.275. The van der Waals surface area contributed by atoms with Gasteiger partial charge >= 0.3 is 0 Å². The fraction of sp³-hybridized carbons (Fsp3) is 0.583. The molecule has 2 rings (SSSR count). The van der Waals surface area contributed by atoms with Crippen molar-refractivity contribution in [1.82, 2.24) is 19.8 Å². The monoisotopic (exact) mass is 249 g/mol. The maximum atomic E-state index is 12.2. The van der Waals surface area contributed by atoms with Gasteiger partial charge in [0.05, 0.1) is 12.4 Å². The summed E-state index contributed by atoms with van der Waals surface area (Å²) < 4.78 is 0. The Morgan fingerprint density at radius 1 is 1.44 bits per heavy atom. The molecular formula is C12H19N5O. The average Bonchev–Trinajstić information content (AvgIpc) is 2.38. The van der Waals surface area contributed by atoms with E-state index in [2.05, 4.69) is 21.9 Å². The minimum Gasteiger partial charge on any atom is -0.382 e. The first-order chi connectivity index (χ1) is 8.58. The Balaban J connectivity index is 2.04. The van der Waals surface area contributed by atoms with Crippen LogP contribution in [0.2, 0.25) is 0 Å². The zero-order valence-electron chi connectivity index (χ0n) is 10.8. The molecule has 1 aliphatic rings. The number of piperidine rings is 1. The van der Waals surface area contributed by atoms with Crippen molar-refractivity contribution in [3.05, 3.63) is 18.1 Å². The summed E-state index contributed by atoms with van der Waals surface area (Å²) in [5.41, 5.74) is 5.86. The highest BCUT2D eigenvalue weighted by Crippen LogP contribution is 2.16. The third-order valence-corrected chi connectivity index (χ3v) is 3.43. The highest BCUT2D eigenvalue weighted by molar-refractivity contribution is 5.92. The third kappa shape index (κ3) is 2.76. The molecule has 1 aromatic rings. The van der Waals surface area contributed by atoms with E-state index in [0.717, 1.165) is 25.9 Å². The molecule has 18 heavy (non-hydrogen) atoms. The van der Waals surface area contributed by atoms with Crippen LogP contribution in [0.3, 0.4) is 0 Å². The van der Waals surface area contributed by atoms with E-state index in [0.29, 0.717) is 5.69 Å². The molecule has 0 atom stereocenters. The molecule has 0 unspecified atom stereocenters. The molecule has 0 bridgehead atoms. The van der Waals surface area contributed by atoms with Gasteiger partial charge < -0.3 is 15.5 Å². The van der Waals surface area contributed by atoms with Crippen LogP contribution < -0.4 is 5.73 Å². The van der Waals surface area contributed by atoms with E-state index in [1.54, 1.807) is 4.90 Å². The van der Waals surface area contributed by atoms with Gasteiger partial charge in [-0.1, -0.05) is 0 Å². The van der Waals surface area contributed by atoms with Gasteiger partial charge in [-0.05, 0) is 33.0 Å². The maximum Gasteiger partial charge on any atom is 0.274 e. The van der Waals surface area contributed by atoms with Gasteiger partial charge in [-0.3, -0.25) is 9.78 Å². The van der Waals surface area contributed by atoms with Gasteiger partial charge in [0.25, 0.3) is 5.91 Å². The molecule has 1 fully saturated rings. The highest BCUT2D eigenvalue weighted by Gasteiger charge is 2.25. The smallest absolute Gasteiger partial charge is 0.274 e. The molecule has 0 aromatic carbocycles. The number of hydrogen-bond donors (Lipinski definition) is 1. The van der Waals surface area contributed by atoms with Crippen LogP contribution in [-0.2, 0) is 0 Å². The lowest BCUT2D eigenvalue weighted by Gasteiger charge is -2.34. The molecule has 0 radical (unpaired) electrons. The molecule has 6 nitrogen and oxygen atoms in total. The Morgan fingerprint density at radius 3 is 2.72 bits per heavy atom. The fourth-order valence-electron chi connectivity index (χ4n) is 2.21. The number of anilines is 1. The van der Waals surface area contributed by atoms with Gasteiger partial charge in [0.2, 0.25) is 0 Å². The minimum atomic E-state index is -0.107. The summed E-state index contributed by atoms with van der Waals surface area (Å²) in [5, 5.41) is 0. The first-order valence-corrected chi connectivity index (χ1v) is 6.11. The molecule has 1 aliphatic heterocycles. The SMILES string of the molecule is CN1CCC(N(C)C(=O)c2cncc(N)n2)CC1. The van der Waals surface area contributed by atoms with Crippen molar-refractivity contribution >= 4 is 11.7 Å². The Hall–Kier alpha value is -1.69. The molecular weight excluding hydrogens is 230 g/mol. The lowest BCUT2D eigenvalue weighted by Crippen LogP contribution is -2.44. The quantitative estimate of drug-likeness (QED) is 0.811. The van der Waals surface area contributed by atoms with Crippen molar-refractivity contribution in [1.29, 1.82) is 0 Å². The number of nitrogens with zero attached hydrogens (tertiary/aromatic N) is 4. The first kappa shape index (κ1) is 12.8. The molecule has 1 saturated heterocycles. The van der Waals surface area contributed by atoms with E-state index < -0.39 is 0 Å². The van der Waals surface area contributed by atoms with Gasteiger partial charge in [-0.15, -0.1) is 0 Å². The van der Waals surface area contributed by atoms with E-state index in [4.69, 9.17) is 5.73 Å². The van der Waals surface area contributed by atoms with Crippen LogP contribution in [0.5, 0.6) is 0 Å². The third-order valence-electron chi connectivity index (χ3n) is 3.43. The normalized spacial score (nSPS) is 17.7. The van der Waals surface area contributed by atoms with Crippen molar-refractivity contribution in [3.63, 3.8) is 0 Å². The van der Waals surface area contributed by atoms with E-state index in [9.17, 15) is 4.79 Å². The standard InChI is InChI=1S/C12H19N5O/c1-16-5-3-9(4-6-16)17(2)12(18)10-7-14-8-11(13)15-10/h7-9H,3-6H2,1-2H3,(H2,13,15). The molecule has 2 N–H and O–H groups in total. The second kappa shape index (κ2) is 5.30. The van der Waals surface area contributed by atoms with Crippen LogP contribution in [0, 0.1) is 0 Å². The molecule has 2 heterocycles. The number of hydrogen-bond acceptors (Lipinski definition) is 5. The topological polar surface area (TPSA) is 75.3 Å². The molecule has 1 amide bonds. The van der Waals surface area contributed by atoms with Gasteiger partial charge in [-0.25, -0.2) is 4.98 Å². The lowest BCUT2D eigenvalue weighted by atomic mass is 10.0. The fourth-order valence-corrected chi connectivity index (χ4v) is 2.21. The van der Waals surface area contributed by atoms with Crippen molar-refractivity contribution < 1.29 is 4.79 Å². The molecule has 0 aliphatic carbocycles. The Kier molecular flexibility index (Phi) is 3.76. The molecule has 0 saturated carbocycles. The van der Waals surface area contributed by atoms with Crippen LogP contribution in [0.4, 0.5) is 5.82 Å². The van der Waals surface area contributed by atoms with Gasteiger partial charge in [-0.2, -0.15) is 0 Å². The second-order valence-electron chi connectivity index (χ2n) is 4.78. The number of likely N-dealkylation sites (tertiary alicyclic amines) is 1. The first-order valence-electron chi connectivity index (χ1n) is 6.11. The molecule has 6 heteroatoms. The van der Waals surface area contributed by atoms with Crippen molar-refractivity contribution in [2.75, 3.05) is 32.9 Å². The number of carbonyl (C=O) groups is 1. The minimum absolute atomic E-state index is 0.107. The van der Waals surface area contributed by atoms with Gasteiger partial charge in [0.1, 0.15) is 11.5 Å². The lowest BCUT2D eigenvalue weighted by molar-refractivity contribution is 0.0653. The highest BCUT2D eigenvalue weighted by atomic mass is 16.2. The Morgan fingerprint density at radius 2 is 2.11 bits per heavy atom. The number of nitrogen functional groups attached to an aromatic ring is 1.